The lowest BCUT2D eigenvalue weighted by atomic mass is 9.80. The van der Waals surface area contributed by atoms with Crippen LogP contribution in [0.15, 0.2) is 24.4 Å². The molecule has 0 saturated carbocycles. The van der Waals surface area contributed by atoms with E-state index < -0.39 is 0 Å². The SMILES string of the molecule is COc1ccc2[nH]cc(C(CN)C3CCN(C)CC3)c2c1. The van der Waals surface area contributed by atoms with Crippen molar-refractivity contribution < 1.29 is 4.74 Å². The number of aromatic amines is 1. The summed E-state index contributed by atoms with van der Waals surface area (Å²) in [7, 11) is 3.91. The summed E-state index contributed by atoms with van der Waals surface area (Å²) in [4.78, 5) is 5.79. The van der Waals surface area contributed by atoms with Crippen molar-refractivity contribution in [3.05, 3.63) is 30.0 Å². The van der Waals surface area contributed by atoms with Crippen molar-refractivity contribution in [3.63, 3.8) is 0 Å². The van der Waals surface area contributed by atoms with Gasteiger partial charge in [-0.3, -0.25) is 0 Å². The maximum atomic E-state index is 6.13. The molecule has 1 saturated heterocycles. The lowest BCUT2D eigenvalue weighted by Crippen LogP contribution is -2.34. The maximum Gasteiger partial charge on any atom is 0.119 e. The van der Waals surface area contributed by atoms with Crippen LogP contribution in [0, 0.1) is 5.92 Å². The van der Waals surface area contributed by atoms with E-state index in [4.69, 9.17) is 10.5 Å². The van der Waals surface area contributed by atoms with Crippen molar-refractivity contribution in [1.29, 1.82) is 0 Å². The highest BCUT2D eigenvalue weighted by molar-refractivity contribution is 5.85. The maximum absolute atomic E-state index is 6.13. The first-order chi connectivity index (χ1) is 10.2. The lowest BCUT2D eigenvalue weighted by molar-refractivity contribution is 0.199. The second-order valence-corrected chi connectivity index (χ2v) is 6.14. The highest BCUT2D eigenvalue weighted by Gasteiger charge is 2.27. The standard InChI is InChI=1S/C17H25N3O/c1-20-7-5-12(6-8-20)15(10-18)16-11-19-17-4-3-13(21-2)9-14(16)17/h3-4,9,11-12,15,19H,5-8,10,18H2,1-2H3. The number of aromatic nitrogens is 1. The van der Waals surface area contributed by atoms with Crippen molar-refractivity contribution in [2.24, 2.45) is 11.7 Å². The highest BCUT2D eigenvalue weighted by atomic mass is 16.5. The fourth-order valence-electron chi connectivity index (χ4n) is 3.56. The molecule has 0 amide bonds. The number of nitrogens with one attached hydrogen (secondary N) is 1. The first kappa shape index (κ1) is 14.4. The molecule has 1 aliphatic heterocycles. The van der Waals surface area contributed by atoms with E-state index in [1.165, 1.54) is 36.9 Å². The Labute approximate surface area is 126 Å². The monoisotopic (exact) mass is 287 g/mol. The Balaban J connectivity index is 1.93. The van der Waals surface area contributed by atoms with Gasteiger partial charge in [-0.15, -0.1) is 0 Å². The Kier molecular flexibility index (Phi) is 4.17. The summed E-state index contributed by atoms with van der Waals surface area (Å²) in [6, 6.07) is 6.20. The number of rotatable bonds is 4. The van der Waals surface area contributed by atoms with Crippen LogP contribution in [0.3, 0.4) is 0 Å². The minimum absolute atomic E-state index is 0.430. The number of hydrogen-bond donors (Lipinski definition) is 2. The number of benzene rings is 1. The minimum atomic E-state index is 0.430. The Morgan fingerprint density at radius 3 is 2.81 bits per heavy atom. The number of methoxy groups -OCH3 is 1. The summed E-state index contributed by atoms with van der Waals surface area (Å²) >= 11 is 0. The molecule has 114 valence electrons. The molecule has 1 aromatic heterocycles. The number of nitrogens with zero attached hydrogens (tertiary/aromatic N) is 1. The van der Waals surface area contributed by atoms with Crippen LogP contribution in [0.1, 0.15) is 24.3 Å². The Hall–Kier alpha value is -1.52. The predicted molar refractivity (Wildman–Crippen MR) is 86.9 cm³/mol. The summed E-state index contributed by atoms with van der Waals surface area (Å²) in [5.74, 6) is 2.01. The smallest absolute Gasteiger partial charge is 0.119 e. The molecule has 0 radical (unpaired) electrons. The van der Waals surface area contributed by atoms with E-state index in [0.29, 0.717) is 18.4 Å². The molecule has 1 fully saturated rings. The molecule has 0 aliphatic carbocycles. The average molecular weight is 287 g/mol. The number of ether oxygens (including phenoxy) is 1. The molecule has 1 aliphatic rings. The molecule has 2 aromatic rings. The van der Waals surface area contributed by atoms with Crippen LogP contribution in [0.2, 0.25) is 0 Å². The second kappa shape index (κ2) is 6.08. The second-order valence-electron chi connectivity index (χ2n) is 6.14. The number of H-pyrrole nitrogens is 1. The Bertz CT molecular complexity index is 599. The van der Waals surface area contributed by atoms with Gasteiger partial charge in [-0.1, -0.05) is 0 Å². The van der Waals surface area contributed by atoms with Gasteiger partial charge in [-0.2, -0.15) is 0 Å². The summed E-state index contributed by atoms with van der Waals surface area (Å²) < 4.78 is 5.37. The quantitative estimate of drug-likeness (QED) is 0.908. The molecular weight excluding hydrogens is 262 g/mol. The van der Waals surface area contributed by atoms with Gasteiger partial charge < -0.3 is 20.4 Å². The normalized spacial score (nSPS) is 19.0. The van der Waals surface area contributed by atoms with Crippen LogP contribution in [0.5, 0.6) is 5.75 Å². The van der Waals surface area contributed by atoms with Gasteiger partial charge in [0.05, 0.1) is 7.11 Å². The zero-order valence-corrected chi connectivity index (χ0v) is 12.9. The summed E-state index contributed by atoms with van der Waals surface area (Å²) in [5.41, 5.74) is 8.64. The van der Waals surface area contributed by atoms with Crippen molar-refractivity contribution in [1.82, 2.24) is 9.88 Å². The first-order valence-corrected chi connectivity index (χ1v) is 7.76. The highest BCUT2D eigenvalue weighted by Crippen LogP contribution is 2.36. The topological polar surface area (TPSA) is 54.3 Å². The van der Waals surface area contributed by atoms with E-state index in [0.717, 1.165) is 11.3 Å². The molecule has 4 heteroatoms. The third kappa shape index (κ3) is 2.78. The molecule has 3 N–H and O–H groups in total. The largest absolute Gasteiger partial charge is 0.497 e. The fourth-order valence-corrected chi connectivity index (χ4v) is 3.56. The van der Waals surface area contributed by atoms with Crippen molar-refractivity contribution in [2.45, 2.75) is 18.8 Å². The Morgan fingerprint density at radius 1 is 1.38 bits per heavy atom. The van der Waals surface area contributed by atoms with Crippen LogP contribution in [0.4, 0.5) is 0 Å². The zero-order valence-electron chi connectivity index (χ0n) is 12.9. The molecule has 2 heterocycles. The zero-order chi connectivity index (χ0) is 14.8. The molecule has 0 spiro atoms. The third-order valence-corrected chi connectivity index (χ3v) is 4.91. The summed E-state index contributed by atoms with van der Waals surface area (Å²) in [6.45, 7) is 3.05. The summed E-state index contributed by atoms with van der Waals surface area (Å²) in [5, 5.41) is 1.25. The van der Waals surface area contributed by atoms with Gasteiger partial charge in [-0.25, -0.2) is 0 Å². The van der Waals surface area contributed by atoms with E-state index in [9.17, 15) is 0 Å². The number of fused-ring (bicyclic) bond motifs is 1. The van der Waals surface area contributed by atoms with Crippen LogP contribution < -0.4 is 10.5 Å². The molecule has 0 bridgehead atoms. The summed E-state index contributed by atoms with van der Waals surface area (Å²) in [6.07, 6.45) is 4.60. The van der Waals surface area contributed by atoms with Gasteiger partial charge in [0.2, 0.25) is 0 Å². The van der Waals surface area contributed by atoms with Crippen LogP contribution in [0.25, 0.3) is 10.9 Å². The van der Waals surface area contributed by atoms with Crippen molar-refractivity contribution in [3.8, 4) is 5.75 Å². The minimum Gasteiger partial charge on any atom is -0.497 e. The van der Waals surface area contributed by atoms with Gasteiger partial charge in [0, 0.05) is 23.0 Å². The van der Waals surface area contributed by atoms with Gasteiger partial charge in [0.25, 0.3) is 0 Å². The molecule has 1 aromatic carbocycles. The van der Waals surface area contributed by atoms with Crippen molar-refractivity contribution in [2.75, 3.05) is 33.8 Å². The third-order valence-electron chi connectivity index (χ3n) is 4.91. The molecule has 4 nitrogen and oxygen atoms in total. The Morgan fingerprint density at radius 2 is 2.14 bits per heavy atom. The molecule has 1 unspecified atom stereocenters. The first-order valence-electron chi connectivity index (χ1n) is 7.76. The van der Waals surface area contributed by atoms with E-state index in [1.807, 2.05) is 6.07 Å². The number of nitrogens with two attached hydrogens (primary N) is 1. The molecule has 1 atom stereocenters. The van der Waals surface area contributed by atoms with Crippen LogP contribution >= 0.6 is 0 Å². The number of hydrogen-bond acceptors (Lipinski definition) is 3. The van der Waals surface area contributed by atoms with E-state index in [2.05, 4.69) is 35.3 Å². The molecule has 3 rings (SSSR count). The van der Waals surface area contributed by atoms with Crippen LogP contribution in [-0.2, 0) is 0 Å². The van der Waals surface area contributed by atoms with Gasteiger partial charge >= 0.3 is 0 Å². The predicted octanol–water partition coefficient (Wildman–Crippen LogP) is 2.56. The van der Waals surface area contributed by atoms with E-state index >= 15 is 0 Å². The fraction of sp³-hybridized carbons (Fsp3) is 0.529. The van der Waals surface area contributed by atoms with E-state index in [1.54, 1.807) is 7.11 Å². The number of likely N-dealkylation sites (tertiary alicyclic amines) is 1. The van der Waals surface area contributed by atoms with Gasteiger partial charge in [-0.05, 0) is 69.2 Å². The average Bonchev–Trinajstić information content (AvgIpc) is 2.93. The molecule has 21 heavy (non-hydrogen) atoms. The lowest BCUT2D eigenvalue weighted by Gasteiger charge is -2.33. The molecular formula is C17H25N3O. The van der Waals surface area contributed by atoms with E-state index in [-0.39, 0.29) is 0 Å². The van der Waals surface area contributed by atoms with Crippen LogP contribution in [-0.4, -0.2) is 43.7 Å². The van der Waals surface area contributed by atoms with Crippen molar-refractivity contribution >= 4 is 10.9 Å². The van der Waals surface area contributed by atoms with Gasteiger partial charge in [0.15, 0.2) is 0 Å². The number of piperidine rings is 1. The van der Waals surface area contributed by atoms with Gasteiger partial charge in [0.1, 0.15) is 5.75 Å².